The number of nitrogens with zero attached hydrogens (tertiary/aromatic N) is 1. The van der Waals surface area contributed by atoms with Crippen molar-refractivity contribution in [2.45, 2.75) is 32.1 Å². The fourth-order valence-electron chi connectivity index (χ4n) is 2.97. The molecule has 126 valence electrons. The van der Waals surface area contributed by atoms with E-state index in [1.54, 1.807) is 7.11 Å². The van der Waals surface area contributed by atoms with Crippen LogP contribution in [-0.2, 0) is 19.6 Å². The lowest BCUT2D eigenvalue weighted by molar-refractivity contribution is -0.933. The predicted octanol–water partition coefficient (Wildman–Crippen LogP) is 0.976. The molecule has 0 N–H and O–H groups in total. The van der Waals surface area contributed by atoms with Crippen LogP contribution in [0.3, 0.4) is 0 Å². The van der Waals surface area contributed by atoms with Crippen molar-refractivity contribution in [3.05, 3.63) is 0 Å². The number of ether oxygens (including phenoxy) is 2. The lowest BCUT2D eigenvalue weighted by Gasteiger charge is -2.41. The van der Waals surface area contributed by atoms with Crippen molar-refractivity contribution >= 4 is 10.1 Å². The molecule has 7 heteroatoms. The van der Waals surface area contributed by atoms with Crippen LogP contribution in [0.15, 0.2) is 0 Å². The van der Waals surface area contributed by atoms with Gasteiger partial charge in [0.15, 0.2) is 0 Å². The minimum Gasteiger partial charge on any atom is -0.748 e. The Balaban J connectivity index is 2.31. The zero-order chi connectivity index (χ0) is 15.6. The van der Waals surface area contributed by atoms with Crippen molar-refractivity contribution in [2.75, 3.05) is 58.9 Å². The number of methoxy groups -OCH3 is 1. The highest BCUT2D eigenvalue weighted by Crippen LogP contribution is 2.20. The van der Waals surface area contributed by atoms with Crippen LogP contribution in [0.1, 0.15) is 32.1 Å². The van der Waals surface area contributed by atoms with Gasteiger partial charge in [-0.25, -0.2) is 8.42 Å². The molecule has 6 nitrogen and oxygen atoms in total. The van der Waals surface area contributed by atoms with E-state index in [2.05, 4.69) is 0 Å². The van der Waals surface area contributed by atoms with Crippen LogP contribution in [0.25, 0.3) is 0 Å². The monoisotopic (exact) mass is 323 g/mol. The van der Waals surface area contributed by atoms with Crippen molar-refractivity contribution in [3.63, 3.8) is 0 Å². The maximum atomic E-state index is 10.6. The molecule has 1 heterocycles. The lowest BCUT2D eigenvalue weighted by Crippen LogP contribution is -2.53. The van der Waals surface area contributed by atoms with E-state index < -0.39 is 10.1 Å². The zero-order valence-electron chi connectivity index (χ0n) is 13.1. The number of likely N-dealkylation sites (tertiary alicyclic amines) is 1. The zero-order valence-corrected chi connectivity index (χ0v) is 13.9. The van der Waals surface area contributed by atoms with Crippen molar-refractivity contribution < 1.29 is 26.9 Å². The number of rotatable bonds is 11. The molecule has 21 heavy (non-hydrogen) atoms. The molecule has 0 bridgehead atoms. The van der Waals surface area contributed by atoms with Crippen molar-refractivity contribution in [2.24, 2.45) is 0 Å². The molecule has 1 rings (SSSR count). The Morgan fingerprint density at radius 3 is 2.33 bits per heavy atom. The molecule has 1 aliphatic heterocycles. The third kappa shape index (κ3) is 8.73. The summed E-state index contributed by atoms with van der Waals surface area (Å²) in [5.41, 5.74) is 0. The van der Waals surface area contributed by atoms with Crippen LogP contribution in [0.5, 0.6) is 0 Å². The molecule has 0 unspecified atom stereocenters. The number of hydrogen-bond acceptors (Lipinski definition) is 5. The van der Waals surface area contributed by atoms with Gasteiger partial charge in [0, 0.05) is 12.9 Å². The molecule has 0 aromatic rings. The Morgan fingerprint density at radius 1 is 1.00 bits per heavy atom. The first-order valence-corrected chi connectivity index (χ1v) is 9.41. The standard InChI is InChI=1S/C14H29NO5S/c1-19-12-13-20-11-10-15(7-3-2-4-8-15)9-5-6-14-21(16,17)18/h2-14H2,1H3. The minimum atomic E-state index is -4.07. The molecule has 1 fully saturated rings. The van der Waals surface area contributed by atoms with Crippen LogP contribution in [-0.4, -0.2) is 76.3 Å². The van der Waals surface area contributed by atoms with Gasteiger partial charge in [-0.3, -0.25) is 0 Å². The van der Waals surface area contributed by atoms with Gasteiger partial charge in [0.05, 0.1) is 49.6 Å². The van der Waals surface area contributed by atoms with Crippen molar-refractivity contribution in [1.82, 2.24) is 0 Å². The van der Waals surface area contributed by atoms with Crippen molar-refractivity contribution in [1.29, 1.82) is 0 Å². The normalized spacial score (nSPS) is 18.8. The summed E-state index contributed by atoms with van der Waals surface area (Å²) in [5, 5.41) is 0. The van der Waals surface area contributed by atoms with Crippen LogP contribution >= 0.6 is 0 Å². The van der Waals surface area contributed by atoms with E-state index in [4.69, 9.17) is 9.47 Å². The average Bonchev–Trinajstić information content (AvgIpc) is 2.44. The smallest absolute Gasteiger partial charge is 0.102 e. The third-order valence-electron chi connectivity index (χ3n) is 4.18. The Hall–Kier alpha value is -0.210. The largest absolute Gasteiger partial charge is 0.748 e. The SMILES string of the molecule is COCCOCC[N+]1(CCCCS(=O)(=O)[O-])CCCCC1. The fraction of sp³-hybridized carbons (Fsp3) is 1.00. The summed E-state index contributed by atoms with van der Waals surface area (Å²) in [5.74, 6) is -0.239. The maximum absolute atomic E-state index is 10.6. The Bertz CT molecular complexity index is 366. The number of piperidine rings is 1. The van der Waals surface area contributed by atoms with E-state index in [1.165, 1.54) is 19.3 Å². The molecular weight excluding hydrogens is 294 g/mol. The number of quaternary nitrogens is 1. The third-order valence-corrected chi connectivity index (χ3v) is 4.97. The first-order chi connectivity index (χ1) is 9.97. The van der Waals surface area contributed by atoms with Gasteiger partial charge in [-0.05, 0) is 32.1 Å². The Morgan fingerprint density at radius 2 is 1.71 bits per heavy atom. The molecular formula is C14H29NO5S. The summed E-state index contributed by atoms with van der Waals surface area (Å²) in [6.07, 6.45) is 4.98. The fourth-order valence-corrected chi connectivity index (χ4v) is 3.53. The van der Waals surface area contributed by atoms with Crippen LogP contribution in [0.4, 0.5) is 0 Å². The molecule has 0 amide bonds. The molecule has 0 aromatic heterocycles. The molecule has 1 saturated heterocycles. The molecule has 0 radical (unpaired) electrons. The molecule has 1 aliphatic rings. The van der Waals surface area contributed by atoms with Gasteiger partial charge < -0.3 is 18.5 Å². The molecule has 0 aliphatic carbocycles. The highest BCUT2D eigenvalue weighted by molar-refractivity contribution is 7.85. The summed E-state index contributed by atoms with van der Waals surface area (Å²) in [7, 11) is -2.41. The van der Waals surface area contributed by atoms with Gasteiger partial charge in [0.2, 0.25) is 0 Å². The highest BCUT2D eigenvalue weighted by Gasteiger charge is 2.28. The first kappa shape index (κ1) is 18.8. The van der Waals surface area contributed by atoms with Crippen LogP contribution in [0, 0.1) is 0 Å². The quantitative estimate of drug-likeness (QED) is 0.322. The van der Waals surface area contributed by atoms with Gasteiger partial charge in [0.25, 0.3) is 0 Å². The second kappa shape index (κ2) is 9.74. The summed E-state index contributed by atoms with van der Waals surface area (Å²) >= 11 is 0. The molecule has 0 saturated carbocycles. The van der Waals surface area contributed by atoms with E-state index in [-0.39, 0.29) is 5.75 Å². The first-order valence-electron chi connectivity index (χ1n) is 7.83. The molecule has 0 spiro atoms. The number of unbranched alkanes of at least 4 members (excludes halogenated alkanes) is 1. The molecule has 0 atom stereocenters. The predicted molar refractivity (Wildman–Crippen MR) is 80.1 cm³/mol. The molecule has 0 aromatic carbocycles. The highest BCUT2D eigenvalue weighted by atomic mass is 32.2. The van der Waals surface area contributed by atoms with Gasteiger partial charge in [0.1, 0.15) is 6.54 Å². The Labute approximate surface area is 128 Å². The second-order valence-electron chi connectivity index (χ2n) is 5.87. The van der Waals surface area contributed by atoms with Crippen molar-refractivity contribution in [3.8, 4) is 0 Å². The van der Waals surface area contributed by atoms with Gasteiger partial charge in [-0.1, -0.05) is 0 Å². The van der Waals surface area contributed by atoms with E-state index in [0.717, 1.165) is 37.1 Å². The summed E-state index contributed by atoms with van der Waals surface area (Å²) in [6.45, 7) is 6.13. The summed E-state index contributed by atoms with van der Waals surface area (Å²) in [6, 6.07) is 0. The lowest BCUT2D eigenvalue weighted by atomic mass is 10.1. The van der Waals surface area contributed by atoms with Gasteiger partial charge in [-0.2, -0.15) is 0 Å². The van der Waals surface area contributed by atoms with E-state index in [1.807, 2.05) is 0 Å². The summed E-state index contributed by atoms with van der Waals surface area (Å²) < 4.78 is 43.5. The topological polar surface area (TPSA) is 75.7 Å². The number of hydrogen-bond donors (Lipinski definition) is 0. The summed E-state index contributed by atoms with van der Waals surface area (Å²) in [4.78, 5) is 0. The van der Waals surface area contributed by atoms with Crippen LogP contribution in [0.2, 0.25) is 0 Å². The van der Waals surface area contributed by atoms with E-state index >= 15 is 0 Å². The van der Waals surface area contributed by atoms with Crippen LogP contribution < -0.4 is 0 Å². The minimum absolute atomic E-state index is 0.239. The second-order valence-corrected chi connectivity index (χ2v) is 7.39. The Kier molecular flexibility index (Phi) is 8.73. The van der Waals surface area contributed by atoms with Gasteiger partial charge >= 0.3 is 0 Å². The average molecular weight is 323 g/mol. The van der Waals surface area contributed by atoms with E-state index in [0.29, 0.717) is 26.2 Å². The van der Waals surface area contributed by atoms with Gasteiger partial charge in [-0.15, -0.1) is 0 Å². The van der Waals surface area contributed by atoms with E-state index in [9.17, 15) is 13.0 Å². The maximum Gasteiger partial charge on any atom is 0.102 e.